The standard InChI is InChI=1S/C10H12Cl2N4/c1-7(2)16(5-3-4-13)9-8(11)6-14-10(12)15-9/h6-7H,3,5H2,1-2H3. The summed E-state index contributed by atoms with van der Waals surface area (Å²) in [4.78, 5) is 9.81. The monoisotopic (exact) mass is 258 g/mol. The summed E-state index contributed by atoms with van der Waals surface area (Å²) in [5.41, 5.74) is 0. The van der Waals surface area contributed by atoms with Gasteiger partial charge in [-0.05, 0) is 25.4 Å². The second kappa shape index (κ2) is 5.88. The minimum Gasteiger partial charge on any atom is -0.352 e. The zero-order chi connectivity index (χ0) is 12.1. The van der Waals surface area contributed by atoms with E-state index in [0.717, 1.165) is 0 Å². The van der Waals surface area contributed by atoms with Crippen molar-refractivity contribution in [3.05, 3.63) is 16.5 Å². The highest BCUT2D eigenvalue weighted by Crippen LogP contribution is 2.25. The molecule has 1 rings (SSSR count). The van der Waals surface area contributed by atoms with Gasteiger partial charge < -0.3 is 4.90 Å². The van der Waals surface area contributed by atoms with Gasteiger partial charge in [-0.2, -0.15) is 10.2 Å². The van der Waals surface area contributed by atoms with Crippen LogP contribution in [-0.4, -0.2) is 22.6 Å². The zero-order valence-corrected chi connectivity index (χ0v) is 10.6. The first-order valence-corrected chi connectivity index (χ1v) is 5.63. The van der Waals surface area contributed by atoms with Crippen molar-refractivity contribution in [2.24, 2.45) is 0 Å². The Kier molecular flexibility index (Phi) is 4.78. The fraction of sp³-hybridized carbons (Fsp3) is 0.500. The van der Waals surface area contributed by atoms with Gasteiger partial charge in [-0.25, -0.2) is 4.98 Å². The normalized spacial score (nSPS) is 10.2. The van der Waals surface area contributed by atoms with E-state index in [1.54, 1.807) is 0 Å². The van der Waals surface area contributed by atoms with Crippen LogP contribution in [0.2, 0.25) is 10.3 Å². The van der Waals surface area contributed by atoms with Crippen LogP contribution in [0.4, 0.5) is 5.82 Å². The van der Waals surface area contributed by atoms with Crippen LogP contribution in [0.1, 0.15) is 20.3 Å². The van der Waals surface area contributed by atoms with E-state index in [1.807, 2.05) is 18.7 Å². The number of hydrogen-bond donors (Lipinski definition) is 0. The summed E-state index contributed by atoms with van der Waals surface area (Å²) in [5, 5.41) is 9.19. The minimum absolute atomic E-state index is 0.155. The van der Waals surface area contributed by atoms with E-state index in [0.29, 0.717) is 23.8 Å². The average Bonchev–Trinajstić information content (AvgIpc) is 2.23. The van der Waals surface area contributed by atoms with Crippen LogP contribution in [0.5, 0.6) is 0 Å². The highest BCUT2D eigenvalue weighted by atomic mass is 35.5. The van der Waals surface area contributed by atoms with Crippen LogP contribution in [0, 0.1) is 11.3 Å². The van der Waals surface area contributed by atoms with Gasteiger partial charge in [-0.15, -0.1) is 0 Å². The Hall–Kier alpha value is -1.05. The smallest absolute Gasteiger partial charge is 0.224 e. The minimum atomic E-state index is 0.155. The third kappa shape index (κ3) is 3.22. The maximum absolute atomic E-state index is 8.60. The first-order valence-electron chi connectivity index (χ1n) is 4.88. The fourth-order valence-corrected chi connectivity index (χ4v) is 1.65. The summed E-state index contributed by atoms with van der Waals surface area (Å²) in [5.74, 6) is 0.576. The van der Waals surface area contributed by atoms with E-state index < -0.39 is 0 Å². The van der Waals surface area contributed by atoms with Crippen LogP contribution >= 0.6 is 23.2 Å². The zero-order valence-electron chi connectivity index (χ0n) is 9.11. The summed E-state index contributed by atoms with van der Waals surface area (Å²) in [6.45, 7) is 4.58. The largest absolute Gasteiger partial charge is 0.352 e. The quantitative estimate of drug-likeness (QED) is 0.780. The molecule has 1 heterocycles. The summed E-state index contributed by atoms with van der Waals surface area (Å²) < 4.78 is 0. The molecule has 0 aromatic carbocycles. The van der Waals surface area contributed by atoms with Crippen LogP contribution in [0.25, 0.3) is 0 Å². The van der Waals surface area contributed by atoms with Crippen LogP contribution in [-0.2, 0) is 0 Å². The molecule has 6 heteroatoms. The van der Waals surface area contributed by atoms with Gasteiger partial charge in [0.15, 0.2) is 5.82 Å². The molecule has 0 aliphatic carbocycles. The Morgan fingerprint density at radius 3 is 2.75 bits per heavy atom. The molecular weight excluding hydrogens is 247 g/mol. The second-order valence-electron chi connectivity index (χ2n) is 3.51. The molecule has 0 fully saturated rings. The number of rotatable bonds is 4. The Balaban J connectivity index is 3.01. The lowest BCUT2D eigenvalue weighted by molar-refractivity contribution is 0.676. The Labute approximate surface area is 105 Å². The molecule has 86 valence electrons. The molecule has 0 spiro atoms. The van der Waals surface area contributed by atoms with Gasteiger partial charge in [-0.3, -0.25) is 0 Å². The van der Waals surface area contributed by atoms with Crippen LogP contribution < -0.4 is 4.90 Å². The van der Waals surface area contributed by atoms with Crippen molar-refractivity contribution in [1.29, 1.82) is 5.26 Å². The van der Waals surface area contributed by atoms with Gasteiger partial charge in [0, 0.05) is 12.6 Å². The average molecular weight is 259 g/mol. The predicted molar refractivity (Wildman–Crippen MR) is 64.8 cm³/mol. The highest BCUT2D eigenvalue weighted by Gasteiger charge is 2.16. The van der Waals surface area contributed by atoms with E-state index in [1.165, 1.54) is 6.20 Å². The molecule has 1 aromatic heterocycles. The Morgan fingerprint density at radius 1 is 1.50 bits per heavy atom. The molecule has 0 amide bonds. The molecule has 0 saturated heterocycles. The molecule has 0 saturated carbocycles. The molecule has 0 aliphatic heterocycles. The third-order valence-corrected chi connectivity index (χ3v) is 2.50. The Bertz CT molecular complexity index is 400. The summed E-state index contributed by atoms with van der Waals surface area (Å²) >= 11 is 11.7. The summed E-state index contributed by atoms with van der Waals surface area (Å²) in [6, 6.07) is 2.29. The highest BCUT2D eigenvalue weighted by molar-refractivity contribution is 6.33. The number of nitrogens with zero attached hydrogens (tertiary/aromatic N) is 4. The van der Waals surface area contributed by atoms with E-state index in [9.17, 15) is 0 Å². The number of hydrogen-bond acceptors (Lipinski definition) is 4. The lowest BCUT2D eigenvalue weighted by Gasteiger charge is -2.27. The van der Waals surface area contributed by atoms with E-state index in [2.05, 4.69) is 16.0 Å². The van der Waals surface area contributed by atoms with Crippen molar-refractivity contribution in [3.8, 4) is 6.07 Å². The summed E-state index contributed by atoms with van der Waals surface area (Å²) in [6.07, 6.45) is 1.88. The fourth-order valence-electron chi connectivity index (χ4n) is 1.32. The first kappa shape index (κ1) is 13.0. The maximum atomic E-state index is 8.60. The maximum Gasteiger partial charge on any atom is 0.224 e. The molecule has 0 atom stereocenters. The van der Waals surface area contributed by atoms with Gasteiger partial charge in [0.25, 0.3) is 0 Å². The van der Waals surface area contributed by atoms with Crippen molar-refractivity contribution in [2.45, 2.75) is 26.3 Å². The predicted octanol–water partition coefficient (Wildman–Crippen LogP) is 2.91. The van der Waals surface area contributed by atoms with Gasteiger partial charge in [0.2, 0.25) is 5.28 Å². The number of aromatic nitrogens is 2. The van der Waals surface area contributed by atoms with Gasteiger partial charge >= 0.3 is 0 Å². The lowest BCUT2D eigenvalue weighted by atomic mass is 10.3. The van der Waals surface area contributed by atoms with Crippen molar-refractivity contribution in [2.75, 3.05) is 11.4 Å². The second-order valence-corrected chi connectivity index (χ2v) is 4.25. The van der Waals surface area contributed by atoms with Crippen molar-refractivity contribution in [1.82, 2.24) is 9.97 Å². The number of halogens is 2. The SMILES string of the molecule is CC(C)N(CCC#N)c1nc(Cl)ncc1Cl. The van der Waals surface area contributed by atoms with Crippen molar-refractivity contribution >= 4 is 29.0 Å². The van der Waals surface area contributed by atoms with Crippen molar-refractivity contribution in [3.63, 3.8) is 0 Å². The topological polar surface area (TPSA) is 52.8 Å². The van der Waals surface area contributed by atoms with E-state index >= 15 is 0 Å². The van der Waals surface area contributed by atoms with Crippen molar-refractivity contribution < 1.29 is 0 Å². The molecule has 0 aliphatic rings. The molecular formula is C10H12Cl2N4. The van der Waals surface area contributed by atoms with Gasteiger partial charge in [0.05, 0.1) is 18.7 Å². The lowest BCUT2D eigenvalue weighted by Crippen LogP contribution is -2.32. The molecule has 16 heavy (non-hydrogen) atoms. The molecule has 1 aromatic rings. The first-order chi connectivity index (χ1) is 7.56. The molecule has 0 bridgehead atoms. The molecule has 0 unspecified atom stereocenters. The van der Waals surface area contributed by atoms with Crippen LogP contribution in [0.15, 0.2) is 6.20 Å². The number of anilines is 1. The Morgan fingerprint density at radius 2 is 2.19 bits per heavy atom. The number of nitriles is 1. The summed E-state index contributed by atoms with van der Waals surface area (Å²) in [7, 11) is 0. The van der Waals surface area contributed by atoms with Gasteiger partial charge in [-0.1, -0.05) is 11.6 Å². The third-order valence-electron chi connectivity index (χ3n) is 2.06. The van der Waals surface area contributed by atoms with E-state index in [4.69, 9.17) is 28.5 Å². The molecule has 0 N–H and O–H groups in total. The molecule has 0 radical (unpaired) electrons. The van der Waals surface area contributed by atoms with Gasteiger partial charge in [0.1, 0.15) is 5.02 Å². The van der Waals surface area contributed by atoms with Crippen LogP contribution in [0.3, 0.4) is 0 Å². The van der Waals surface area contributed by atoms with E-state index in [-0.39, 0.29) is 11.3 Å². The molecule has 4 nitrogen and oxygen atoms in total.